The first-order valence-electron chi connectivity index (χ1n) is 5.09. The summed E-state index contributed by atoms with van der Waals surface area (Å²) in [5, 5.41) is 3.32. The molecule has 1 fully saturated rings. The van der Waals surface area contributed by atoms with Crippen molar-refractivity contribution in [2.75, 3.05) is 26.2 Å². The standard InChI is InChI=1S/C11H14N2S2/c14-11(13-8-6-12-7-9-13)15-10-4-2-1-3-5-10/h1-5,12H,6-9H2. The van der Waals surface area contributed by atoms with Crippen molar-refractivity contribution in [2.24, 2.45) is 0 Å². The van der Waals surface area contributed by atoms with Gasteiger partial charge in [0.2, 0.25) is 0 Å². The van der Waals surface area contributed by atoms with Gasteiger partial charge in [-0.1, -0.05) is 42.2 Å². The maximum absolute atomic E-state index is 5.42. The zero-order valence-corrected chi connectivity index (χ0v) is 10.1. The maximum Gasteiger partial charge on any atom is 0.141 e. The van der Waals surface area contributed by atoms with E-state index in [1.807, 2.05) is 18.2 Å². The van der Waals surface area contributed by atoms with Crippen LogP contribution in [0.25, 0.3) is 0 Å². The normalized spacial score (nSPS) is 16.4. The largest absolute Gasteiger partial charge is 0.355 e. The molecule has 1 heterocycles. The lowest BCUT2D eigenvalue weighted by Crippen LogP contribution is -2.44. The summed E-state index contributed by atoms with van der Waals surface area (Å²) >= 11 is 7.10. The number of piperazine rings is 1. The van der Waals surface area contributed by atoms with Crippen molar-refractivity contribution in [2.45, 2.75) is 4.90 Å². The van der Waals surface area contributed by atoms with Crippen molar-refractivity contribution in [3.05, 3.63) is 30.3 Å². The zero-order valence-electron chi connectivity index (χ0n) is 8.48. The highest BCUT2D eigenvalue weighted by molar-refractivity contribution is 8.22. The van der Waals surface area contributed by atoms with Gasteiger partial charge in [-0.15, -0.1) is 0 Å². The van der Waals surface area contributed by atoms with Gasteiger partial charge in [-0.25, -0.2) is 0 Å². The van der Waals surface area contributed by atoms with Crippen LogP contribution in [0.15, 0.2) is 35.2 Å². The summed E-state index contributed by atoms with van der Waals surface area (Å²) in [6, 6.07) is 10.3. The van der Waals surface area contributed by atoms with E-state index in [0.29, 0.717) is 0 Å². The second-order valence-electron chi connectivity index (χ2n) is 3.42. The number of thiocarbonyl (C=S) groups is 1. The van der Waals surface area contributed by atoms with Gasteiger partial charge in [0.15, 0.2) is 0 Å². The molecule has 1 aliphatic rings. The molecule has 0 atom stereocenters. The van der Waals surface area contributed by atoms with E-state index in [1.54, 1.807) is 11.8 Å². The fourth-order valence-corrected chi connectivity index (χ4v) is 2.78. The Morgan fingerprint density at radius 1 is 1.20 bits per heavy atom. The highest BCUT2D eigenvalue weighted by atomic mass is 32.2. The monoisotopic (exact) mass is 238 g/mol. The molecule has 2 rings (SSSR count). The Morgan fingerprint density at radius 3 is 2.53 bits per heavy atom. The topological polar surface area (TPSA) is 15.3 Å². The van der Waals surface area contributed by atoms with Gasteiger partial charge in [0.05, 0.1) is 0 Å². The Hall–Kier alpha value is -0.580. The third kappa shape index (κ3) is 3.19. The Bertz CT molecular complexity index is 321. The van der Waals surface area contributed by atoms with Gasteiger partial charge >= 0.3 is 0 Å². The molecule has 4 heteroatoms. The number of nitrogens with one attached hydrogen (secondary N) is 1. The third-order valence-corrected chi connectivity index (χ3v) is 3.77. The molecule has 0 saturated carbocycles. The molecule has 1 aromatic rings. The molecule has 0 aliphatic carbocycles. The van der Waals surface area contributed by atoms with E-state index in [1.165, 1.54) is 4.90 Å². The summed E-state index contributed by atoms with van der Waals surface area (Å²) in [5.41, 5.74) is 0. The lowest BCUT2D eigenvalue weighted by molar-refractivity contribution is 0.368. The van der Waals surface area contributed by atoms with Crippen LogP contribution in [0.1, 0.15) is 0 Å². The molecule has 15 heavy (non-hydrogen) atoms. The Labute approximate surface area is 100 Å². The average molecular weight is 238 g/mol. The van der Waals surface area contributed by atoms with Gasteiger partial charge < -0.3 is 10.2 Å². The minimum atomic E-state index is 0.989. The van der Waals surface area contributed by atoms with Gasteiger partial charge in [-0.05, 0) is 12.1 Å². The lowest BCUT2D eigenvalue weighted by Gasteiger charge is -2.29. The summed E-state index contributed by atoms with van der Waals surface area (Å²) in [4.78, 5) is 3.49. The van der Waals surface area contributed by atoms with Crippen LogP contribution in [0.2, 0.25) is 0 Å². The summed E-state index contributed by atoms with van der Waals surface area (Å²) < 4.78 is 0.989. The smallest absolute Gasteiger partial charge is 0.141 e. The van der Waals surface area contributed by atoms with Crippen LogP contribution >= 0.6 is 24.0 Å². The quantitative estimate of drug-likeness (QED) is 0.594. The van der Waals surface area contributed by atoms with Gasteiger partial charge in [-0.3, -0.25) is 0 Å². The van der Waals surface area contributed by atoms with Crippen molar-refractivity contribution >= 4 is 28.3 Å². The fraction of sp³-hybridized carbons (Fsp3) is 0.364. The van der Waals surface area contributed by atoms with Crippen LogP contribution in [0.4, 0.5) is 0 Å². The van der Waals surface area contributed by atoms with Crippen LogP contribution in [-0.2, 0) is 0 Å². The van der Waals surface area contributed by atoms with Gasteiger partial charge in [0.25, 0.3) is 0 Å². The minimum Gasteiger partial charge on any atom is -0.355 e. The first kappa shape index (κ1) is 10.9. The second-order valence-corrected chi connectivity index (χ2v) is 5.13. The first-order chi connectivity index (χ1) is 7.36. The molecule has 1 aliphatic heterocycles. The van der Waals surface area contributed by atoms with Gasteiger partial charge in [0, 0.05) is 31.1 Å². The molecular formula is C11H14N2S2. The summed E-state index contributed by atoms with van der Waals surface area (Å²) in [6.45, 7) is 4.13. The molecule has 80 valence electrons. The van der Waals surface area contributed by atoms with Crippen molar-refractivity contribution in [3.8, 4) is 0 Å². The van der Waals surface area contributed by atoms with E-state index in [2.05, 4.69) is 22.3 Å². The fourth-order valence-electron chi connectivity index (χ4n) is 1.50. The highest BCUT2D eigenvalue weighted by Crippen LogP contribution is 2.21. The molecule has 0 spiro atoms. The molecule has 1 N–H and O–H groups in total. The molecule has 1 saturated heterocycles. The summed E-state index contributed by atoms with van der Waals surface area (Å²) in [6.07, 6.45) is 0. The lowest BCUT2D eigenvalue weighted by atomic mass is 10.4. The minimum absolute atomic E-state index is 0.989. The van der Waals surface area contributed by atoms with Crippen LogP contribution in [0.5, 0.6) is 0 Å². The Balaban J connectivity index is 1.91. The second kappa shape index (κ2) is 5.49. The molecule has 0 unspecified atom stereocenters. The molecule has 2 nitrogen and oxygen atoms in total. The Kier molecular flexibility index (Phi) is 4.00. The SMILES string of the molecule is S=C(Sc1ccccc1)N1CCNCC1. The van der Waals surface area contributed by atoms with Crippen LogP contribution < -0.4 is 5.32 Å². The number of nitrogens with zero attached hydrogens (tertiary/aromatic N) is 1. The van der Waals surface area contributed by atoms with Crippen LogP contribution in [0.3, 0.4) is 0 Å². The molecule has 0 aromatic heterocycles. The molecule has 0 bridgehead atoms. The van der Waals surface area contributed by atoms with Crippen molar-refractivity contribution in [1.29, 1.82) is 0 Å². The predicted molar refractivity (Wildman–Crippen MR) is 69.3 cm³/mol. The number of hydrogen-bond acceptors (Lipinski definition) is 3. The van der Waals surface area contributed by atoms with Gasteiger partial charge in [-0.2, -0.15) is 0 Å². The van der Waals surface area contributed by atoms with E-state index in [-0.39, 0.29) is 0 Å². The molecule has 0 radical (unpaired) electrons. The van der Waals surface area contributed by atoms with Gasteiger partial charge in [0.1, 0.15) is 4.32 Å². The third-order valence-electron chi connectivity index (χ3n) is 2.32. The summed E-state index contributed by atoms with van der Waals surface area (Å²) in [7, 11) is 0. The maximum atomic E-state index is 5.42. The van der Waals surface area contributed by atoms with Crippen molar-refractivity contribution in [3.63, 3.8) is 0 Å². The summed E-state index contributed by atoms with van der Waals surface area (Å²) in [5.74, 6) is 0. The van der Waals surface area contributed by atoms with E-state index >= 15 is 0 Å². The van der Waals surface area contributed by atoms with E-state index in [4.69, 9.17) is 12.2 Å². The van der Waals surface area contributed by atoms with E-state index < -0.39 is 0 Å². The molecule has 0 amide bonds. The number of rotatable bonds is 1. The number of thioether (sulfide) groups is 1. The zero-order chi connectivity index (χ0) is 10.5. The predicted octanol–water partition coefficient (Wildman–Crippen LogP) is 1.97. The Morgan fingerprint density at radius 2 is 1.87 bits per heavy atom. The van der Waals surface area contributed by atoms with Crippen molar-refractivity contribution in [1.82, 2.24) is 10.2 Å². The average Bonchev–Trinajstić information content (AvgIpc) is 2.31. The van der Waals surface area contributed by atoms with Crippen LogP contribution in [0, 0.1) is 0 Å². The molecule has 1 aromatic carbocycles. The van der Waals surface area contributed by atoms with E-state index in [0.717, 1.165) is 30.5 Å². The first-order valence-corrected chi connectivity index (χ1v) is 6.31. The van der Waals surface area contributed by atoms with E-state index in [9.17, 15) is 0 Å². The number of benzene rings is 1. The highest BCUT2D eigenvalue weighted by Gasteiger charge is 2.13. The number of hydrogen-bond donors (Lipinski definition) is 1. The van der Waals surface area contributed by atoms with Crippen molar-refractivity contribution < 1.29 is 0 Å². The van der Waals surface area contributed by atoms with Crippen LogP contribution in [-0.4, -0.2) is 35.4 Å². The molecular weight excluding hydrogens is 224 g/mol.